The molecule has 94 valence electrons. The second-order valence-corrected chi connectivity index (χ2v) is 4.72. The molecule has 0 unspecified atom stereocenters. The van der Waals surface area contributed by atoms with Crippen LogP contribution in [0.15, 0.2) is 18.2 Å². The van der Waals surface area contributed by atoms with E-state index in [1.165, 1.54) is 25.7 Å². The molecule has 0 aliphatic heterocycles. The van der Waals surface area contributed by atoms with Crippen molar-refractivity contribution in [3.05, 3.63) is 23.8 Å². The van der Waals surface area contributed by atoms with Crippen LogP contribution in [0.1, 0.15) is 31.2 Å². The van der Waals surface area contributed by atoms with E-state index in [1.807, 2.05) is 18.2 Å². The monoisotopic (exact) mass is 235 g/mol. The highest BCUT2D eigenvalue weighted by Gasteiger charge is 2.14. The summed E-state index contributed by atoms with van der Waals surface area (Å²) in [7, 11) is 1.63. The lowest BCUT2D eigenvalue weighted by Gasteiger charge is -2.14. The lowest BCUT2D eigenvalue weighted by molar-refractivity contribution is 0.274. The van der Waals surface area contributed by atoms with Crippen LogP contribution in [-0.2, 0) is 6.61 Å². The number of hydrogen-bond acceptors (Lipinski definition) is 3. The molecule has 0 heterocycles. The molecule has 1 aliphatic carbocycles. The molecule has 1 aliphatic rings. The van der Waals surface area contributed by atoms with Crippen LogP contribution in [0.5, 0.6) is 5.75 Å². The quantitative estimate of drug-likeness (QED) is 0.824. The Morgan fingerprint density at radius 1 is 1.35 bits per heavy atom. The standard InChI is InChI=1S/C14H21NO2/c1-17-14-7-6-13(8-12(14)10-16)15-9-11-4-2-3-5-11/h6-8,11,15-16H,2-5,9-10H2,1H3. The maximum absolute atomic E-state index is 9.25. The maximum Gasteiger partial charge on any atom is 0.124 e. The summed E-state index contributed by atoms with van der Waals surface area (Å²) >= 11 is 0. The second-order valence-electron chi connectivity index (χ2n) is 4.72. The number of nitrogens with one attached hydrogen (secondary N) is 1. The summed E-state index contributed by atoms with van der Waals surface area (Å²) in [6.07, 6.45) is 5.43. The van der Waals surface area contributed by atoms with Gasteiger partial charge < -0.3 is 15.2 Å². The van der Waals surface area contributed by atoms with Crippen molar-refractivity contribution in [2.45, 2.75) is 32.3 Å². The molecule has 3 nitrogen and oxygen atoms in total. The molecule has 0 aromatic heterocycles. The number of hydrogen-bond donors (Lipinski definition) is 2. The molecular formula is C14H21NO2. The molecule has 17 heavy (non-hydrogen) atoms. The molecule has 0 amide bonds. The minimum absolute atomic E-state index is 0.0160. The van der Waals surface area contributed by atoms with Crippen LogP contribution in [0.2, 0.25) is 0 Å². The fraction of sp³-hybridized carbons (Fsp3) is 0.571. The topological polar surface area (TPSA) is 41.5 Å². The lowest BCUT2D eigenvalue weighted by Crippen LogP contribution is -2.11. The van der Waals surface area contributed by atoms with Gasteiger partial charge in [0.05, 0.1) is 13.7 Å². The van der Waals surface area contributed by atoms with Crippen LogP contribution < -0.4 is 10.1 Å². The van der Waals surface area contributed by atoms with Crippen LogP contribution in [-0.4, -0.2) is 18.8 Å². The summed E-state index contributed by atoms with van der Waals surface area (Å²) in [5, 5.41) is 12.7. The normalized spacial score (nSPS) is 16.1. The Kier molecular flexibility index (Phi) is 4.26. The smallest absolute Gasteiger partial charge is 0.124 e. The molecule has 1 aromatic carbocycles. The van der Waals surface area contributed by atoms with Crippen molar-refractivity contribution >= 4 is 5.69 Å². The van der Waals surface area contributed by atoms with Crippen LogP contribution in [0.4, 0.5) is 5.69 Å². The molecule has 1 fully saturated rings. The number of rotatable bonds is 5. The summed E-state index contributed by atoms with van der Waals surface area (Å²) < 4.78 is 5.18. The van der Waals surface area contributed by atoms with E-state index in [9.17, 15) is 5.11 Å². The summed E-state index contributed by atoms with van der Waals surface area (Å²) in [4.78, 5) is 0. The van der Waals surface area contributed by atoms with E-state index in [1.54, 1.807) is 7.11 Å². The van der Waals surface area contributed by atoms with Crippen molar-refractivity contribution in [1.82, 2.24) is 0 Å². The number of aliphatic hydroxyl groups excluding tert-OH is 1. The maximum atomic E-state index is 9.25. The van der Waals surface area contributed by atoms with Gasteiger partial charge in [0.2, 0.25) is 0 Å². The van der Waals surface area contributed by atoms with Gasteiger partial charge in [0.25, 0.3) is 0 Å². The van der Waals surface area contributed by atoms with E-state index in [0.717, 1.165) is 29.5 Å². The third-order valence-electron chi connectivity index (χ3n) is 3.52. The van der Waals surface area contributed by atoms with Crippen molar-refractivity contribution in [3.8, 4) is 5.75 Å². The average Bonchev–Trinajstić information content (AvgIpc) is 2.89. The van der Waals surface area contributed by atoms with Gasteiger partial charge in [0, 0.05) is 17.8 Å². The fourth-order valence-electron chi connectivity index (χ4n) is 2.49. The first-order valence-electron chi connectivity index (χ1n) is 6.35. The minimum Gasteiger partial charge on any atom is -0.496 e. The van der Waals surface area contributed by atoms with Crippen molar-refractivity contribution in [2.24, 2.45) is 5.92 Å². The van der Waals surface area contributed by atoms with Gasteiger partial charge in [-0.15, -0.1) is 0 Å². The van der Waals surface area contributed by atoms with Gasteiger partial charge in [0.15, 0.2) is 0 Å². The Morgan fingerprint density at radius 3 is 2.76 bits per heavy atom. The van der Waals surface area contributed by atoms with Gasteiger partial charge in [0.1, 0.15) is 5.75 Å². The largest absolute Gasteiger partial charge is 0.496 e. The van der Waals surface area contributed by atoms with Crippen LogP contribution >= 0.6 is 0 Å². The Morgan fingerprint density at radius 2 is 2.12 bits per heavy atom. The summed E-state index contributed by atoms with van der Waals surface area (Å²) in [5.41, 5.74) is 1.91. The molecule has 0 spiro atoms. The molecule has 0 radical (unpaired) electrons. The number of aliphatic hydroxyl groups is 1. The molecule has 1 aromatic rings. The highest BCUT2D eigenvalue weighted by molar-refractivity contribution is 5.51. The zero-order chi connectivity index (χ0) is 12.1. The van der Waals surface area contributed by atoms with Crippen LogP contribution in [0, 0.1) is 5.92 Å². The fourth-order valence-corrected chi connectivity index (χ4v) is 2.49. The molecule has 0 atom stereocenters. The molecule has 0 saturated heterocycles. The molecule has 2 rings (SSSR count). The first kappa shape index (κ1) is 12.2. The molecule has 3 heteroatoms. The lowest BCUT2D eigenvalue weighted by atomic mass is 10.1. The Bertz CT molecular complexity index is 359. The van der Waals surface area contributed by atoms with Crippen molar-refractivity contribution in [3.63, 3.8) is 0 Å². The Labute approximate surface area is 103 Å². The Balaban J connectivity index is 1.95. The highest BCUT2D eigenvalue weighted by Crippen LogP contribution is 2.26. The third kappa shape index (κ3) is 3.13. The minimum atomic E-state index is 0.0160. The average molecular weight is 235 g/mol. The molecule has 0 bridgehead atoms. The van der Waals surface area contributed by atoms with Crippen LogP contribution in [0.3, 0.4) is 0 Å². The number of methoxy groups -OCH3 is 1. The van der Waals surface area contributed by atoms with E-state index < -0.39 is 0 Å². The SMILES string of the molecule is COc1ccc(NCC2CCCC2)cc1CO. The summed E-state index contributed by atoms with van der Waals surface area (Å²) in [6.45, 7) is 1.05. The summed E-state index contributed by atoms with van der Waals surface area (Å²) in [5.74, 6) is 1.56. The van der Waals surface area contributed by atoms with E-state index in [2.05, 4.69) is 5.32 Å². The third-order valence-corrected chi connectivity index (χ3v) is 3.52. The highest BCUT2D eigenvalue weighted by atomic mass is 16.5. The number of ether oxygens (including phenoxy) is 1. The van der Waals surface area contributed by atoms with E-state index in [0.29, 0.717) is 0 Å². The molecule has 2 N–H and O–H groups in total. The van der Waals surface area contributed by atoms with Gasteiger partial charge in [-0.2, -0.15) is 0 Å². The number of benzene rings is 1. The van der Waals surface area contributed by atoms with Crippen molar-refractivity contribution in [2.75, 3.05) is 19.0 Å². The van der Waals surface area contributed by atoms with Gasteiger partial charge in [-0.25, -0.2) is 0 Å². The first-order chi connectivity index (χ1) is 8.33. The predicted octanol–water partition coefficient (Wildman–Crippen LogP) is 2.79. The van der Waals surface area contributed by atoms with E-state index in [4.69, 9.17) is 4.74 Å². The Hall–Kier alpha value is -1.22. The summed E-state index contributed by atoms with van der Waals surface area (Å²) in [6, 6.07) is 5.88. The van der Waals surface area contributed by atoms with Gasteiger partial charge in [-0.05, 0) is 37.0 Å². The van der Waals surface area contributed by atoms with Crippen molar-refractivity contribution < 1.29 is 9.84 Å². The van der Waals surface area contributed by atoms with Gasteiger partial charge >= 0.3 is 0 Å². The van der Waals surface area contributed by atoms with Crippen molar-refractivity contribution in [1.29, 1.82) is 0 Å². The van der Waals surface area contributed by atoms with Gasteiger partial charge in [-0.3, -0.25) is 0 Å². The molecule has 1 saturated carbocycles. The van der Waals surface area contributed by atoms with E-state index in [-0.39, 0.29) is 6.61 Å². The second kappa shape index (κ2) is 5.92. The predicted molar refractivity (Wildman–Crippen MR) is 69.4 cm³/mol. The number of anilines is 1. The zero-order valence-electron chi connectivity index (χ0n) is 10.4. The zero-order valence-corrected chi connectivity index (χ0v) is 10.4. The van der Waals surface area contributed by atoms with E-state index >= 15 is 0 Å². The molecular weight excluding hydrogens is 214 g/mol. The van der Waals surface area contributed by atoms with Gasteiger partial charge in [-0.1, -0.05) is 12.8 Å². The first-order valence-corrected chi connectivity index (χ1v) is 6.35. The van der Waals surface area contributed by atoms with Crippen LogP contribution in [0.25, 0.3) is 0 Å².